The lowest BCUT2D eigenvalue weighted by molar-refractivity contribution is -0.139. The van der Waals surface area contributed by atoms with Crippen molar-refractivity contribution in [2.24, 2.45) is 0 Å². The van der Waals surface area contributed by atoms with Crippen molar-refractivity contribution in [1.82, 2.24) is 0 Å². The first-order valence-corrected chi connectivity index (χ1v) is 27.3. The van der Waals surface area contributed by atoms with Gasteiger partial charge in [0, 0.05) is 19.7 Å². The van der Waals surface area contributed by atoms with Crippen LogP contribution in [0, 0.1) is 0 Å². The molecule has 3 rings (SSSR count). The normalized spacial score (nSPS) is 11.3. The van der Waals surface area contributed by atoms with Gasteiger partial charge in [0.15, 0.2) is 0 Å². The largest absolute Gasteiger partial charge is 0.494 e. The molecule has 0 N–H and O–H groups in total. The molecule has 61 heavy (non-hydrogen) atoms. The highest BCUT2D eigenvalue weighted by molar-refractivity contribution is 6.77. The van der Waals surface area contributed by atoms with Gasteiger partial charge in [-0.15, -0.1) is 0 Å². The molecule has 0 aromatic heterocycles. The van der Waals surface area contributed by atoms with Gasteiger partial charge in [-0.3, -0.25) is 0 Å². The van der Waals surface area contributed by atoms with Crippen LogP contribution in [0.4, 0.5) is 0 Å². The zero-order valence-corrected chi connectivity index (χ0v) is 39.8. The summed E-state index contributed by atoms with van der Waals surface area (Å²) in [6.07, 6.45) is 23.9. The van der Waals surface area contributed by atoms with E-state index in [-0.39, 0.29) is 5.97 Å². The van der Waals surface area contributed by atoms with E-state index in [1.807, 2.05) is 48.5 Å². The van der Waals surface area contributed by atoms with Gasteiger partial charge in [-0.05, 0) is 80.1 Å². The highest BCUT2D eigenvalue weighted by Crippen LogP contribution is 2.30. The van der Waals surface area contributed by atoms with Gasteiger partial charge in [-0.25, -0.2) is 9.59 Å². The minimum absolute atomic E-state index is 0.303. The number of unbranched alkanes of at least 4 members (excludes halogenated alkanes) is 16. The highest BCUT2D eigenvalue weighted by atomic mass is 28.3. The fraction of sp³-hybridized carbons (Fsp3) is 0.585. The van der Waals surface area contributed by atoms with Crippen molar-refractivity contribution in [2.45, 2.75) is 174 Å². The smallest absolute Gasteiger partial charge is 0.347 e. The quantitative estimate of drug-likeness (QED) is 0.0192. The molecule has 0 aliphatic rings. The fourth-order valence-corrected chi connectivity index (χ4v) is 10.0. The maximum atomic E-state index is 13.6. The Labute approximate surface area is 371 Å². The standard InChI is InChI=1S/C53H80O7Si/c1-7-9-11-13-15-16-17-19-21-37-56-47-31-27-45(28-32-47)46-29-33-48(34-30-46)60-53(55)50-36-35-49(57-38-22-18-14-12-10-8-2)43-51(50)58-39-23-20-25-41-61(5,6)42-26-24-40-59-52(54)44(3)4/h27-36,43H,3,7-26,37-42H2,1-2,4-6H3. The molecule has 0 bridgehead atoms. The third kappa shape index (κ3) is 22.6. The lowest BCUT2D eigenvalue weighted by Crippen LogP contribution is -2.24. The second-order valence-electron chi connectivity index (χ2n) is 17.6. The van der Waals surface area contributed by atoms with E-state index in [2.05, 4.69) is 45.7 Å². The summed E-state index contributed by atoms with van der Waals surface area (Å²) < 4.78 is 29.5. The van der Waals surface area contributed by atoms with Crippen LogP contribution in [0.15, 0.2) is 78.9 Å². The molecule has 0 unspecified atom stereocenters. The molecule has 0 fully saturated rings. The Morgan fingerprint density at radius 2 is 0.934 bits per heavy atom. The maximum absolute atomic E-state index is 13.6. The Morgan fingerprint density at radius 1 is 0.508 bits per heavy atom. The molecule has 0 amide bonds. The first-order valence-electron chi connectivity index (χ1n) is 23.9. The van der Waals surface area contributed by atoms with Gasteiger partial charge in [0.25, 0.3) is 0 Å². The predicted octanol–water partition coefficient (Wildman–Crippen LogP) is 15.4. The van der Waals surface area contributed by atoms with E-state index in [0.29, 0.717) is 48.2 Å². The lowest BCUT2D eigenvalue weighted by atomic mass is 10.1. The first-order chi connectivity index (χ1) is 29.6. The van der Waals surface area contributed by atoms with Crippen molar-refractivity contribution in [1.29, 1.82) is 0 Å². The van der Waals surface area contributed by atoms with Crippen LogP contribution in [-0.4, -0.2) is 46.4 Å². The zero-order valence-electron chi connectivity index (χ0n) is 38.8. The number of carbonyl (C=O) groups is 2. The third-order valence-corrected chi connectivity index (χ3v) is 14.7. The second kappa shape index (κ2) is 30.9. The number of rotatable bonds is 35. The number of hydrogen-bond donors (Lipinski definition) is 0. The molecule has 0 radical (unpaired) electrons. The Kier molecular flexibility index (Phi) is 26.0. The van der Waals surface area contributed by atoms with Crippen molar-refractivity contribution < 1.29 is 33.3 Å². The van der Waals surface area contributed by atoms with Crippen molar-refractivity contribution in [3.8, 4) is 34.1 Å². The fourth-order valence-electron chi connectivity index (χ4n) is 7.36. The summed E-state index contributed by atoms with van der Waals surface area (Å²) in [4.78, 5) is 25.2. The number of ether oxygens (including phenoxy) is 5. The number of carbonyl (C=O) groups excluding carboxylic acids is 2. The Balaban J connectivity index is 1.49. The molecule has 338 valence electrons. The molecular formula is C53H80O7Si. The average Bonchev–Trinajstić information content (AvgIpc) is 3.25. The number of benzene rings is 3. The molecule has 0 aliphatic carbocycles. The summed E-state index contributed by atoms with van der Waals surface area (Å²) in [5.41, 5.74) is 2.94. The maximum Gasteiger partial charge on any atom is 0.347 e. The molecule has 0 atom stereocenters. The van der Waals surface area contributed by atoms with Gasteiger partial charge >= 0.3 is 11.9 Å². The van der Waals surface area contributed by atoms with Crippen molar-refractivity contribution >= 4 is 20.0 Å². The lowest BCUT2D eigenvalue weighted by Gasteiger charge is -2.22. The number of hydrogen-bond acceptors (Lipinski definition) is 7. The van der Waals surface area contributed by atoms with Crippen LogP contribution in [-0.2, 0) is 9.53 Å². The van der Waals surface area contributed by atoms with Crippen LogP contribution in [0.25, 0.3) is 11.1 Å². The molecular weight excluding hydrogens is 777 g/mol. The Hall–Kier alpha value is -4.04. The monoisotopic (exact) mass is 857 g/mol. The molecule has 0 saturated carbocycles. The van der Waals surface area contributed by atoms with Crippen LogP contribution < -0.4 is 18.9 Å². The van der Waals surface area contributed by atoms with Gasteiger partial charge in [0.05, 0.1) is 26.4 Å². The van der Waals surface area contributed by atoms with Gasteiger partial charge < -0.3 is 23.7 Å². The van der Waals surface area contributed by atoms with Crippen LogP contribution in [0.5, 0.6) is 23.0 Å². The van der Waals surface area contributed by atoms with E-state index in [1.165, 1.54) is 89.1 Å². The molecule has 0 spiro atoms. The predicted molar refractivity (Wildman–Crippen MR) is 256 cm³/mol. The third-order valence-electron chi connectivity index (χ3n) is 11.3. The average molecular weight is 857 g/mol. The molecule has 7 nitrogen and oxygen atoms in total. The molecule has 0 heterocycles. The van der Waals surface area contributed by atoms with Crippen LogP contribution in [0.1, 0.15) is 160 Å². The van der Waals surface area contributed by atoms with E-state index in [4.69, 9.17) is 23.7 Å². The second-order valence-corrected chi connectivity index (χ2v) is 22.9. The van der Waals surface area contributed by atoms with Crippen LogP contribution in [0.2, 0.25) is 25.2 Å². The Morgan fingerprint density at radius 3 is 1.48 bits per heavy atom. The van der Waals surface area contributed by atoms with Gasteiger partial charge in [-0.1, -0.05) is 173 Å². The van der Waals surface area contributed by atoms with Crippen LogP contribution >= 0.6 is 0 Å². The van der Waals surface area contributed by atoms with E-state index in [0.717, 1.165) is 74.8 Å². The van der Waals surface area contributed by atoms with E-state index in [1.54, 1.807) is 13.0 Å². The van der Waals surface area contributed by atoms with Crippen molar-refractivity contribution in [3.05, 3.63) is 84.4 Å². The van der Waals surface area contributed by atoms with Crippen molar-refractivity contribution in [2.75, 3.05) is 26.4 Å². The number of esters is 2. The Bertz CT molecular complexity index is 1650. The summed E-state index contributed by atoms with van der Waals surface area (Å²) >= 11 is 0. The van der Waals surface area contributed by atoms with Gasteiger partial charge in [0.1, 0.15) is 28.6 Å². The van der Waals surface area contributed by atoms with E-state index in [9.17, 15) is 9.59 Å². The molecule has 0 saturated heterocycles. The summed E-state index contributed by atoms with van der Waals surface area (Å²) in [6.45, 7) is 17.1. The first kappa shape index (κ1) is 51.3. The summed E-state index contributed by atoms with van der Waals surface area (Å²) in [5, 5.41) is 0. The molecule has 3 aromatic rings. The molecule has 0 aliphatic heterocycles. The van der Waals surface area contributed by atoms with Gasteiger partial charge in [-0.2, -0.15) is 0 Å². The van der Waals surface area contributed by atoms with Gasteiger partial charge in [0.2, 0.25) is 0 Å². The van der Waals surface area contributed by atoms with E-state index < -0.39 is 14.0 Å². The highest BCUT2D eigenvalue weighted by Gasteiger charge is 2.20. The topological polar surface area (TPSA) is 80.3 Å². The van der Waals surface area contributed by atoms with E-state index >= 15 is 0 Å². The minimum atomic E-state index is -1.34. The SMILES string of the molecule is C=C(C)C(=O)OCCCC[Si](C)(C)CCCCCOc1cc(OCCCCCCCC)ccc1C(=O)Oc1ccc(-c2ccc(OCCCCCCCCCCC)cc2)cc1. The summed E-state index contributed by atoms with van der Waals surface area (Å²) in [7, 11) is -1.34. The minimum Gasteiger partial charge on any atom is -0.494 e. The van der Waals surface area contributed by atoms with Crippen LogP contribution in [0.3, 0.4) is 0 Å². The van der Waals surface area contributed by atoms with Crippen molar-refractivity contribution in [3.63, 3.8) is 0 Å². The summed E-state index contributed by atoms with van der Waals surface area (Å²) in [6, 6.07) is 23.7. The molecule has 8 heteroatoms. The zero-order chi connectivity index (χ0) is 44.0. The summed E-state index contributed by atoms with van der Waals surface area (Å²) in [5.74, 6) is 1.80. The molecule has 3 aromatic carbocycles.